The van der Waals surface area contributed by atoms with Crippen LogP contribution in [-0.2, 0) is 20.9 Å². The highest BCUT2D eigenvalue weighted by Crippen LogP contribution is 2.30. The topological polar surface area (TPSA) is 130 Å². The molecule has 3 aromatic rings. The number of para-hydroxylation sites is 1. The van der Waals surface area contributed by atoms with Crippen molar-refractivity contribution in [1.29, 1.82) is 0 Å². The quantitative estimate of drug-likeness (QED) is 0.295. The van der Waals surface area contributed by atoms with Crippen molar-refractivity contribution in [2.24, 2.45) is 17.8 Å². The van der Waals surface area contributed by atoms with Crippen LogP contribution >= 0.6 is 0 Å². The molecule has 0 unspecified atom stereocenters. The molecule has 10 heteroatoms. The first-order valence-electron chi connectivity index (χ1n) is 13.2. The summed E-state index contributed by atoms with van der Waals surface area (Å²) in [5.41, 5.74) is 5.05. The fraction of sp³-hybridized carbons (Fsp3) is 0.379. The summed E-state index contributed by atoms with van der Waals surface area (Å²) < 4.78 is 11.3. The average Bonchev–Trinajstić information content (AvgIpc) is 3.79. The second-order valence-electron chi connectivity index (χ2n) is 10.2. The predicted octanol–water partition coefficient (Wildman–Crippen LogP) is 4.05. The minimum absolute atomic E-state index is 0.01000. The van der Waals surface area contributed by atoms with Crippen LogP contribution in [0.5, 0.6) is 5.75 Å². The van der Waals surface area contributed by atoms with Gasteiger partial charge >= 0.3 is 6.09 Å². The number of carbonyl (C=O) groups is 3. The van der Waals surface area contributed by atoms with E-state index >= 15 is 0 Å². The highest BCUT2D eigenvalue weighted by Gasteiger charge is 2.40. The molecule has 0 spiro atoms. The van der Waals surface area contributed by atoms with Crippen LogP contribution < -0.4 is 15.5 Å². The molecule has 1 aliphatic heterocycles. The Hall–Kier alpha value is -4.18. The average molecular weight is 533 g/mol. The highest BCUT2D eigenvalue weighted by molar-refractivity contribution is 5.96. The molecule has 0 radical (unpaired) electrons. The summed E-state index contributed by atoms with van der Waals surface area (Å²) >= 11 is 0. The summed E-state index contributed by atoms with van der Waals surface area (Å²) in [6, 6.07) is 16.9. The van der Waals surface area contributed by atoms with Gasteiger partial charge in [0.05, 0.1) is 24.0 Å². The van der Waals surface area contributed by atoms with Gasteiger partial charge in [-0.15, -0.1) is 0 Å². The van der Waals surface area contributed by atoms with Crippen LogP contribution in [0, 0.1) is 24.7 Å². The van der Waals surface area contributed by atoms with E-state index < -0.39 is 23.8 Å². The van der Waals surface area contributed by atoms with Crippen molar-refractivity contribution in [2.45, 2.75) is 32.8 Å². The molecular weight excluding hydrogens is 500 g/mol. The fourth-order valence-electron chi connectivity index (χ4n) is 4.89. The van der Waals surface area contributed by atoms with Gasteiger partial charge < -0.3 is 19.7 Å². The molecule has 10 nitrogen and oxygen atoms in total. The Balaban J connectivity index is 1.18. The molecule has 1 saturated carbocycles. The molecule has 0 bridgehead atoms. The van der Waals surface area contributed by atoms with E-state index in [4.69, 9.17) is 9.47 Å². The van der Waals surface area contributed by atoms with Crippen LogP contribution in [0.1, 0.15) is 30.5 Å². The molecular formula is C29H32N4O6. The molecule has 3 amide bonds. The highest BCUT2D eigenvalue weighted by atomic mass is 16.6. The lowest BCUT2D eigenvalue weighted by atomic mass is 9.84. The van der Waals surface area contributed by atoms with Gasteiger partial charge in [-0.2, -0.15) is 0 Å². The molecule has 2 heterocycles. The van der Waals surface area contributed by atoms with E-state index in [0.717, 1.165) is 35.0 Å². The Bertz CT molecular complexity index is 1360. The number of hydrogen-bond acceptors (Lipinski definition) is 7. The van der Waals surface area contributed by atoms with Gasteiger partial charge in [-0.1, -0.05) is 18.2 Å². The van der Waals surface area contributed by atoms with Crippen LogP contribution in [0.15, 0.2) is 54.6 Å². The number of pyridine rings is 1. The second kappa shape index (κ2) is 11.7. The van der Waals surface area contributed by atoms with E-state index in [2.05, 4.69) is 10.3 Å². The zero-order valence-corrected chi connectivity index (χ0v) is 21.8. The standard InChI is InChI=1S/C29H32N4O6/c1-18-14-20(23-4-2-3-5-26(23)30-18)17-38-22-10-8-21(9-11-22)31-27(34)24-12-13-33(15-25(24)28(35)32-37)29(36)39-16-19-6-7-19/h2-5,8-11,14,19,24-25,37H,6-7,12-13,15-17H2,1H3,(H,31,34)(H,32,35)/t24-,25-/m0/s1. The first kappa shape index (κ1) is 26.4. The smallest absolute Gasteiger partial charge is 0.409 e. The molecule has 1 saturated heterocycles. The van der Waals surface area contributed by atoms with Gasteiger partial charge in [0.2, 0.25) is 11.8 Å². The lowest BCUT2D eigenvalue weighted by molar-refractivity contribution is -0.141. The molecule has 1 aliphatic carbocycles. The number of nitrogens with zero attached hydrogens (tertiary/aromatic N) is 2. The Morgan fingerprint density at radius 2 is 1.79 bits per heavy atom. The number of ether oxygens (including phenoxy) is 2. The Labute approximate surface area is 226 Å². The molecule has 204 valence electrons. The molecule has 2 fully saturated rings. The lowest BCUT2D eigenvalue weighted by Crippen LogP contribution is -2.52. The SMILES string of the molecule is Cc1cc(COc2ccc(NC(=O)[C@H]3CCN(C(=O)OCC4CC4)C[C@@H]3C(=O)NO)cc2)c2ccccc2n1. The number of amides is 3. The number of carbonyl (C=O) groups excluding carboxylic acids is 3. The van der Waals surface area contributed by atoms with Crippen molar-refractivity contribution in [1.82, 2.24) is 15.4 Å². The maximum atomic E-state index is 13.1. The third kappa shape index (κ3) is 6.46. The van der Waals surface area contributed by atoms with Crippen molar-refractivity contribution in [2.75, 3.05) is 25.0 Å². The van der Waals surface area contributed by atoms with Crippen molar-refractivity contribution < 1.29 is 29.1 Å². The van der Waals surface area contributed by atoms with E-state index in [-0.39, 0.29) is 25.4 Å². The first-order valence-corrected chi connectivity index (χ1v) is 13.2. The first-order chi connectivity index (χ1) is 18.9. The Morgan fingerprint density at radius 3 is 2.54 bits per heavy atom. The largest absolute Gasteiger partial charge is 0.489 e. The van der Waals surface area contributed by atoms with Gasteiger partial charge in [0.1, 0.15) is 12.4 Å². The summed E-state index contributed by atoms with van der Waals surface area (Å²) in [6.45, 7) is 2.97. The van der Waals surface area contributed by atoms with Gasteiger partial charge in [-0.25, -0.2) is 10.3 Å². The number of benzene rings is 2. The van der Waals surface area contributed by atoms with E-state index in [1.807, 2.05) is 37.3 Å². The molecule has 2 atom stereocenters. The molecule has 2 aliphatic rings. The van der Waals surface area contributed by atoms with E-state index in [9.17, 15) is 19.6 Å². The number of aryl methyl sites for hydroxylation is 1. The zero-order valence-electron chi connectivity index (χ0n) is 21.8. The van der Waals surface area contributed by atoms with Crippen LogP contribution in [0.2, 0.25) is 0 Å². The maximum Gasteiger partial charge on any atom is 0.409 e. The van der Waals surface area contributed by atoms with Crippen molar-refractivity contribution in [3.8, 4) is 5.75 Å². The van der Waals surface area contributed by atoms with E-state index in [1.165, 1.54) is 4.90 Å². The van der Waals surface area contributed by atoms with Crippen LogP contribution in [-0.4, -0.2) is 52.7 Å². The third-order valence-corrected chi connectivity index (χ3v) is 7.24. The van der Waals surface area contributed by atoms with Crippen LogP contribution in [0.25, 0.3) is 10.9 Å². The van der Waals surface area contributed by atoms with E-state index in [1.54, 1.807) is 29.7 Å². The summed E-state index contributed by atoms with van der Waals surface area (Å²) in [6.07, 6.45) is 1.88. The van der Waals surface area contributed by atoms with Gasteiger partial charge in [0.25, 0.3) is 0 Å². The van der Waals surface area contributed by atoms with Gasteiger partial charge in [0, 0.05) is 35.4 Å². The minimum atomic E-state index is -0.904. The predicted molar refractivity (Wildman–Crippen MR) is 143 cm³/mol. The number of likely N-dealkylation sites (tertiary alicyclic amines) is 1. The van der Waals surface area contributed by atoms with Crippen LogP contribution in [0.4, 0.5) is 10.5 Å². The van der Waals surface area contributed by atoms with Crippen LogP contribution in [0.3, 0.4) is 0 Å². The molecule has 39 heavy (non-hydrogen) atoms. The number of aromatic nitrogens is 1. The number of fused-ring (bicyclic) bond motifs is 1. The Kier molecular flexibility index (Phi) is 7.92. The summed E-state index contributed by atoms with van der Waals surface area (Å²) in [4.78, 5) is 43.9. The molecule has 3 N–H and O–H groups in total. The third-order valence-electron chi connectivity index (χ3n) is 7.24. The number of hydroxylamine groups is 1. The van der Waals surface area contributed by atoms with Gasteiger partial charge in [0.15, 0.2) is 0 Å². The molecule has 2 aromatic carbocycles. The van der Waals surface area contributed by atoms with Gasteiger partial charge in [-0.05, 0) is 68.5 Å². The monoisotopic (exact) mass is 532 g/mol. The Morgan fingerprint density at radius 1 is 1.03 bits per heavy atom. The maximum absolute atomic E-state index is 13.1. The number of nitrogens with one attached hydrogen (secondary N) is 2. The number of piperidine rings is 1. The summed E-state index contributed by atoms with van der Waals surface area (Å²) in [7, 11) is 0. The van der Waals surface area contributed by atoms with Crippen molar-refractivity contribution in [3.05, 3.63) is 65.9 Å². The van der Waals surface area contributed by atoms with Gasteiger partial charge in [-0.3, -0.25) is 19.8 Å². The summed E-state index contributed by atoms with van der Waals surface area (Å²) in [5.74, 6) is -1.63. The normalized spacial score (nSPS) is 18.9. The number of rotatable bonds is 8. The second-order valence-corrected chi connectivity index (χ2v) is 10.2. The fourth-order valence-corrected chi connectivity index (χ4v) is 4.89. The molecule has 1 aromatic heterocycles. The van der Waals surface area contributed by atoms with Crippen molar-refractivity contribution >= 4 is 34.5 Å². The molecule has 5 rings (SSSR count). The number of anilines is 1. The van der Waals surface area contributed by atoms with Crippen molar-refractivity contribution in [3.63, 3.8) is 0 Å². The number of hydrogen-bond donors (Lipinski definition) is 3. The van der Waals surface area contributed by atoms with E-state index in [0.29, 0.717) is 30.6 Å². The summed E-state index contributed by atoms with van der Waals surface area (Å²) in [5, 5.41) is 13.1. The minimum Gasteiger partial charge on any atom is -0.489 e. The lowest BCUT2D eigenvalue weighted by Gasteiger charge is -2.36. The zero-order chi connectivity index (χ0) is 27.4.